The lowest BCUT2D eigenvalue weighted by Crippen LogP contribution is -1.67. The van der Waals surface area contributed by atoms with Gasteiger partial charge in [0.2, 0.25) is 0 Å². The Bertz CT molecular complexity index is 14.4. The quantitative estimate of drug-likeness (QED) is 0.420. The van der Waals surface area contributed by atoms with Gasteiger partial charge in [-0.15, -0.1) is 5.28 Å². The van der Waals surface area contributed by atoms with Gasteiger partial charge >= 0.3 is 0 Å². The first-order valence-corrected chi connectivity index (χ1v) is 4.35. The molecule has 2 radical (unpaired) electrons. The summed E-state index contributed by atoms with van der Waals surface area (Å²) >= 11 is 2.72. The fourth-order valence-electron chi connectivity index (χ4n) is 0.204. The van der Waals surface area contributed by atoms with E-state index in [9.17, 15) is 0 Å². The molecule has 0 aliphatic carbocycles. The van der Waals surface area contributed by atoms with Crippen LogP contribution in [0.15, 0.2) is 0 Å². The summed E-state index contributed by atoms with van der Waals surface area (Å²) in [6.07, 6.45) is 1.41. The molecule has 0 atom stereocenters. The SMILES string of the molecule is [Al][CH2]CC[SiH3]. The highest BCUT2D eigenvalue weighted by molar-refractivity contribution is 6.11. The Morgan fingerprint density at radius 2 is 2.20 bits per heavy atom. The van der Waals surface area contributed by atoms with Crippen molar-refractivity contribution in [2.45, 2.75) is 17.7 Å². The van der Waals surface area contributed by atoms with Gasteiger partial charge in [0, 0.05) is 10.2 Å². The summed E-state index contributed by atoms with van der Waals surface area (Å²) in [7, 11) is 1.39. The van der Waals surface area contributed by atoms with E-state index in [1.165, 1.54) is 28.0 Å². The molecule has 0 rings (SSSR count). The van der Waals surface area contributed by atoms with Crippen molar-refractivity contribution < 1.29 is 0 Å². The van der Waals surface area contributed by atoms with Gasteiger partial charge in [-0.25, -0.2) is 0 Å². The molecule has 0 unspecified atom stereocenters. The van der Waals surface area contributed by atoms with Crippen LogP contribution in [0.4, 0.5) is 0 Å². The molecule has 0 N–H and O–H groups in total. The van der Waals surface area contributed by atoms with Crippen LogP contribution in [0.3, 0.4) is 0 Å². The van der Waals surface area contributed by atoms with Gasteiger partial charge in [-0.3, -0.25) is 0 Å². The second-order valence-electron chi connectivity index (χ2n) is 1.14. The summed E-state index contributed by atoms with van der Waals surface area (Å²) < 4.78 is 0. The third kappa shape index (κ3) is 4.75. The second kappa shape index (κ2) is 4.75. The van der Waals surface area contributed by atoms with E-state index in [2.05, 4.69) is 16.3 Å². The zero-order valence-electron chi connectivity index (χ0n) is 3.70. The van der Waals surface area contributed by atoms with Crippen molar-refractivity contribution in [3.8, 4) is 0 Å². The highest BCUT2D eigenvalue weighted by Crippen LogP contribution is 1.84. The Balaban J connectivity index is 2.19. The molecule has 0 spiro atoms. The molecule has 0 aliphatic rings. The van der Waals surface area contributed by atoms with Crippen molar-refractivity contribution >= 4 is 26.5 Å². The molecule has 5 heavy (non-hydrogen) atoms. The Morgan fingerprint density at radius 1 is 1.60 bits per heavy atom. The summed E-state index contributed by atoms with van der Waals surface area (Å²) in [6, 6.07) is 1.46. The summed E-state index contributed by atoms with van der Waals surface area (Å²) in [5, 5.41) is 1.30. The van der Waals surface area contributed by atoms with E-state index in [4.69, 9.17) is 0 Å². The summed E-state index contributed by atoms with van der Waals surface area (Å²) in [4.78, 5) is 0. The van der Waals surface area contributed by atoms with Crippen molar-refractivity contribution in [3.05, 3.63) is 0 Å². The molecule has 0 saturated carbocycles. The van der Waals surface area contributed by atoms with Crippen LogP contribution in [0.25, 0.3) is 0 Å². The van der Waals surface area contributed by atoms with Crippen LogP contribution in [-0.2, 0) is 0 Å². The molecule has 0 saturated heterocycles. The highest BCUT2D eigenvalue weighted by Gasteiger charge is 1.68. The summed E-state index contributed by atoms with van der Waals surface area (Å²) in [6.45, 7) is 0. The number of hydrogen-bond donors (Lipinski definition) is 0. The molecule has 0 aliphatic heterocycles. The zero-order chi connectivity index (χ0) is 4.12. The minimum absolute atomic E-state index is 1.30. The van der Waals surface area contributed by atoms with Crippen LogP contribution in [0.5, 0.6) is 0 Å². The molecule has 0 nitrogen and oxygen atoms in total. The van der Waals surface area contributed by atoms with E-state index in [1.54, 1.807) is 0 Å². The average Bonchev–Trinajstić information content (AvgIpc) is 1.41. The lowest BCUT2D eigenvalue weighted by molar-refractivity contribution is 1.08. The van der Waals surface area contributed by atoms with E-state index in [1.807, 2.05) is 0 Å². The number of rotatable bonds is 2. The third-order valence-corrected chi connectivity index (χ3v) is 1.67. The largest absolute Gasteiger partial charge is 0.118 e. The smallest absolute Gasteiger partial charge is 0.118 e. The Morgan fingerprint density at radius 3 is 2.20 bits per heavy atom. The second-order valence-corrected chi connectivity index (χ2v) is 2.72. The van der Waals surface area contributed by atoms with Crippen molar-refractivity contribution in [1.82, 2.24) is 0 Å². The van der Waals surface area contributed by atoms with Crippen molar-refractivity contribution in [2.75, 3.05) is 0 Å². The standard InChI is InChI=1S/C3H9Si.Al/c1-2-3-4;/h1-3H2,4H3;. The van der Waals surface area contributed by atoms with Gasteiger partial charge in [-0.1, -0.05) is 12.5 Å². The molecular weight excluding hydrogens is 91.1 g/mol. The molecule has 0 amide bonds. The number of hydrogen-bond acceptors (Lipinski definition) is 0. The maximum atomic E-state index is 2.72. The summed E-state index contributed by atoms with van der Waals surface area (Å²) in [5.74, 6) is 0. The minimum atomic E-state index is 1.30. The summed E-state index contributed by atoms with van der Waals surface area (Å²) in [5.41, 5.74) is 0. The molecule has 0 aromatic rings. The molecule has 0 aromatic carbocycles. The first kappa shape index (κ1) is 5.75. The lowest BCUT2D eigenvalue weighted by atomic mass is 10.6. The van der Waals surface area contributed by atoms with Gasteiger partial charge in [-0.05, 0) is 0 Å². The monoisotopic (exact) mass is 100 g/mol. The molecular formula is C3H9AlSi. The van der Waals surface area contributed by atoms with Gasteiger partial charge in [0.1, 0.15) is 16.3 Å². The Kier molecular flexibility index (Phi) is 5.46. The fraction of sp³-hybridized carbons (Fsp3) is 1.00. The zero-order valence-corrected chi connectivity index (χ0v) is 6.85. The van der Waals surface area contributed by atoms with Gasteiger partial charge in [0.25, 0.3) is 0 Å². The lowest BCUT2D eigenvalue weighted by Gasteiger charge is -1.79. The topological polar surface area (TPSA) is 0 Å². The predicted molar refractivity (Wildman–Crippen MR) is 29.9 cm³/mol. The van der Waals surface area contributed by atoms with Crippen LogP contribution in [-0.4, -0.2) is 26.5 Å². The average molecular weight is 100 g/mol. The highest BCUT2D eigenvalue weighted by atomic mass is 28.1. The maximum absolute atomic E-state index is 2.72. The van der Waals surface area contributed by atoms with E-state index in [0.717, 1.165) is 0 Å². The van der Waals surface area contributed by atoms with E-state index in [0.29, 0.717) is 0 Å². The first-order valence-electron chi connectivity index (χ1n) is 2.12. The Labute approximate surface area is 44.8 Å². The molecule has 0 fully saturated rings. The molecule has 28 valence electrons. The van der Waals surface area contributed by atoms with Gasteiger partial charge < -0.3 is 0 Å². The van der Waals surface area contributed by atoms with Crippen molar-refractivity contribution in [1.29, 1.82) is 0 Å². The molecule has 0 aromatic heterocycles. The minimum Gasteiger partial charge on any atom is -0.118 e. The van der Waals surface area contributed by atoms with Gasteiger partial charge in [0.15, 0.2) is 0 Å². The Hall–Kier alpha value is 0.749. The third-order valence-electron chi connectivity index (χ3n) is 0.558. The molecule has 0 bridgehead atoms. The normalized spacial score (nSPS) is 8.80. The van der Waals surface area contributed by atoms with Crippen molar-refractivity contribution in [3.63, 3.8) is 0 Å². The van der Waals surface area contributed by atoms with E-state index in [-0.39, 0.29) is 0 Å². The fourth-order valence-corrected chi connectivity index (χ4v) is 1.84. The van der Waals surface area contributed by atoms with Crippen molar-refractivity contribution in [2.24, 2.45) is 0 Å². The van der Waals surface area contributed by atoms with E-state index < -0.39 is 0 Å². The predicted octanol–water partition coefficient (Wildman–Crippen LogP) is -0.253. The van der Waals surface area contributed by atoms with Crippen LogP contribution in [0.1, 0.15) is 6.42 Å². The van der Waals surface area contributed by atoms with Crippen LogP contribution < -0.4 is 0 Å². The van der Waals surface area contributed by atoms with Crippen LogP contribution in [0, 0.1) is 0 Å². The molecule has 2 heteroatoms. The maximum Gasteiger partial charge on any atom is 0.118 e. The van der Waals surface area contributed by atoms with Crippen LogP contribution >= 0.6 is 0 Å². The first-order chi connectivity index (χ1) is 2.41. The van der Waals surface area contributed by atoms with Crippen LogP contribution in [0.2, 0.25) is 11.3 Å². The van der Waals surface area contributed by atoms with Gasteiger partial charge in [0.05, 0.1) is 0 Å². The van der Waals surface area contributed by atoms with Gasteiger partial charge in [-0.2, -0.15) is 0 Å². The molecule has 0 heterocycles. The van der Waals surface area contributed by atoms with E-state index >= 15 is 0 Å².